The van der Waals surface area contributed by atoms with Crippen LogP contribution in [0, 0.1) is 12.3 Å². The van der Waals surface area contributed by atoms with Crippen molar-refractivity contribution in [1.82, 2.24) is 0 Å². The first-order valence-electron chi connectivity index (χ1n) is 4.93. The van der Waals surface area contributed by atoms with Crippen molar-refractivity contribution in [3.8, 4) is 0 Å². The van der Waals surface area contributed by atoms with E-state index in [9.17, 15) is 0 Å². The minimum atomic E-state index is 0.312. The van der Waals surface area contributed by atoms with Gasteiger partial charge in [0.05, 0.1) is 6.61 Å². The van der Waals surface area contributed by atoms with Crippen molar-refractivity contribution in [2.24, 2.45) is 5.41 Å². The Bertz CT molecular complexity index is 91.7. The van der Waals surface area contributed by atoms with Crippen molar-refractivity contribution in [2.45, 2.75) is 46.5 Å². The van der Waals surface area contributed by atoms with Crippen LogP contribution in [0.5, 0.6) is 0 Å². The van der Waals surface area contributed by atoms with E-state index in [1.54, 1.807) is 0 Å². The molecule has 0 aliphatic carbocycles. The molecule has 0 saturated carbocycles. The molecule has 0 spiro atoms. The van der Waals surface area contributed by atoms with Crippen LogP contribution >= 0.6 is 0 Å². The molecule has 0 saturated heterocycles. The second kappa shape index (κ2) is 6.47. The van der Waals surface area contributed by atoms with Crippen molar-refractivity contribution >= 4 is 0 Å². The van der Waals surface area contributed by atoms with Crippen LogP contribution in [-0.4, -0.2) is 13.2 Å². The van der Waals surface area contributed by atoms with Gasteiger partial charge in [-0.25, -0.2) is 0 Å². The van der Waals surface area contributed by atoms with E-state index in [1.807, 2.05) is 0 Å². The molecule has 0 atom stereocenters. The summed E-state index contributed by atoms with van der Waals surface area (Å²) in [5.41, 5.74) is 0.312. The highest BCUT2D eigenvalue weighted by Crippen LogP contribution is 2.13. The zero-order valence-electron chi connectivity index (χ0n) is 8.86. The van der Waals surface area contributed by atoms with Gasteiger partial charge in [-0.3, -0.25) is 0 Å². The second-order valence-corrected chi connectivity index (χ2v) is 4.53. The molecule has 0 bridgehead atoms. The zero-order valence-corrected chi connectivity index (χ0v) is 8.86. The molecule has 0 unspecified atom stereocenters. The maximum absolute atomic E-state index is 5.52. The normalized spacial score (nSPS) is 12.0. The molecule has 12 heavy (non-hydrogen) atoms. The minimum absolute atomic E-state index is 0.312. The molecule has 73 valence electrons. The maximum atomic E-state index is 5.52. The van der Waals surface area contributed by atoms with Crippen LogP contribution in [0.2, 0.25) is 0 Å². The molecule has 0 aliphatic heterocycles. The summed E-state index contributed by atoms with van der Waals surface area (Å²) in [6.07, 6.45) is 4.73. The Labute approximate surface area is 77.5 Å². The number of ether oxygens (including phenoxy) is 1. The van der Waals surface area contributed by atoms with E-state index < -0.39 is 0 Å². The first-order chi connectivity index (χ1) is 5.56. The van der Waals surface area contributed by atoms with Crippen LogP contribution in [0.3, 0.4) is 0 Å². The molecule has 0 aromatic carbocycles. The molecule has 1 heteroatoms. The Kier molecular flexibility index (Phi) is 6.45. The third kappa shape index (κ3) is 9.96. The summed E-state index contributed by atoms with van der Waals surface area (Å²) >= 11 is 0. The Morgan fingerprint density at radius 2 is 1.75 bits per heavy atom. The number of rotatable bonds is 6. The van der Waals surface area contributed by atoms with Crippen molar-refractivity contribution in [2.75, 3.05) is 13.2 Å². The fourth-order valence-electron chi connectivity index (χ4n) is 0.936. The van der Waals surface area contributed by atoms with Gasteiger partial charge >= 0.3 is 0 Å². The molecular formula is C11H23O. The molecule has 0 fully saturated rings. The lowest BCUT2D eigenvalue weighted by atomic mass is 9.99. The smallest absolute Gasteiger partial charge is 0.0514 e. The van der Waals surface area contributed by atoms with E-state index in [2.05, 4.69) is 27.7 Å². The summed E-state index contributed by atoms with van der Waals surface area (Å²) < 4.78 is 5.52. The largest absolute Gasteiger partial charge is 0.381 e. The summed E-state index contributed by atoms with van der Waals surface area (Å²) in [5, 5.41) is 0. The first kappa shape index (κ1) is 12.0. The van der Waals surface area contributed by atoms with Crippen molar-refractivity contribution in [3.63, 3.8) is 0 Å². The van der Waals surface area contributed by atoms with E-state index >= 15 is 0 Å². The molecule has 0 rings (SSSR count). The highest BCUT2D eigenvalue weighted by molar-refractivity contribution is 4.58. The van der Waals surface area contributed by atoms with Gasteiger partial charge in [-0.15, -0.1) is 0 Å². The summed E-state index contributed by atoms with van der Waals surface area (Å²) in [5.74, 6) is 0. The Balaban J connectivity index is 3.01. The summed E-state index contributed by atoms with van der Waals surface area (Å²) in [4.78, 5) is 0. The van der Waals surface area contributed by atoms with Gasteiger partial charge < -0.3 is 4.74 Å². The van der Waals surface area contributed by atoms with Gasteiger partial charge in [-0.05, 0) is 11.8 Å². The highest BCUT2D eigenvalue weighted by atomic mass is 16.5. The number of hydrogen-bond acceptors (Lipinski definition) is 1. The van der Waals surface area contributed by atoms with Gasteiger partial charge in [0.2, 0.25) is 0 Å². The molecule has 0 aromatic heterocycles. The Morgan fingerprint density at radius 1 is 1.08 bits per heavy atom. The van der Waals surface area contributed by atoms with E-state index in [0.717, 1.165) is 19.6 Å². The van der Waals surface area contributed by atoms with Gasteiger partial charge in [0, 0.05) is 6.61 Å². The van der Waals surface area contributed by atoms with Crippen molar-refractivity contribution in [1.29, 1.82) is 0 Å². The molecule has 0 aromatic rings. The molecular weight excluding hydrogens is 148 g/mol. The number of hydrogen-bond donors (Lipinski definition) is 0. The topological polar surface area (TPSA) is 9.23 Å². The second-order valence-electron chi connectivity index (χ2n) is 4.53. The SMILES string of the molecule is [CH2]CCCCCOCC(C)(C)C. The van der Waals surface area contributed by atoms with E-state index in [-0.39, 0.29) is 0 Å². The molecule has 0 aliphatic rings. The van der Waals surface area contributed by atoms with Gasteiger partial charge in [-0.1, -0.05) is 47.0 Å². The van der Waals surface area contributed by atoms with Crippen LogP contribution < -0.4 is 0 Å². The van der Waals surface area contributed by atoms with Crippen LogP contribution in [0.25, 0.3) is 0 Å². The lowest BCUT2D eigenvalue weighted by Gasteiger charge is -2.17. The van der Waals surface area contributed by atoms with Gasteiger partial charge in [0.1, 0.15) is 0 Å². The highest BCUT2D eigenvalue weighted by Gasteiger charge is 2.08. The average molecular weight is 171 g/mol. The van der Waals surface area contributed by atoms with Gasteiger partial charge in [0.25, 0.3) is 0 Å². The average Bonchev–Trinajstić information content (AvgIpc) is 1.94. The van der Waals surface area contributed by atoms with E-state index in [4.69, 9.17) is 4.74 Å². The van der Waals surface area contributed by atoms with Crippen LogP contribution in [0.4, 0.5) is 0 Å². The quantitative estimate of drug-likeness (QED) is 0.556. The summed E-state index contributed by atoms with van der Waals surface area (Å²) in [6.45, 7) is 12.2. The Morgan fingerprint density at radius 3 is 2.25 bits per heavy atom. The van der Waals surface area contributed by atoms with Crippen LogP contribution in [0.15, 0.2) is 0 Å². The van der Waals surface area contributed by atoms with Crippen molar-refractivity contribution in [3.05, 3.63) is 6.92 Å². The van der Waals surface area contributed by atoms with Gasteiger partial charge in [-0.2, -0.15) is 0 Å². The summed E-state index contributed by atoms with van der Waals surface area (Å²) in [7, 11) is 0. The predicted octanol–water partition coefficient (Wildman–Crippen LogP) is 3.44. The third-order valence-corrected chi connectivity index (χ3v) is 1.57. The van der Waals surface area contributed by atoms with Crippen LogP contribution in [-0.2, 0) is 4.74 Å². The standard InChI is InChI=1S/C11H23O/c1-5-6-7-8-9-12-10-11(2,3)4/h1,5-10H2,2-4H3. The molecule has 1 radical (unpaired) electrons. The van der Waals surface area contributed by atoms with Crippen LogP contribution in [0.1, 0.15) is 46.5 Å². The lowest BCUT2D eigenvalue weighted by molar-refractivity contribution is 0.0687. The third-order valence-electron chi connectivity index (χ3n) is 1.57. The molecule has 0 heterocycles. The monoisotopic (exact) mass is 171 g/mol. The van der Waals surface area contributed by atoms with Crippen molar-refractivity contribution < 1.29 is 4.74 Å². The lowest BCUT2D eigenvalue weighted by Crippen LogP contribution is -2.14. The molecule has 0 N–H and O–H groups in total. The Hall–Kier alpha value is -0.0400. The predicted molar refractivity (Wildman–Crippen MR) is 54.1 cm³/mol. The number of unbranched alkanes of at least 4 members (excludes halogenated alkanes) is 3. The molecule has 1 nitrogen and oxygen atoms in total. The zero-order chi connectivity index (χ0) is 9.45. The molecule has 0 amide bonds. The van der Waals surface area contributed by atoms with E-state index in [1.165, 1.54) is 19.3 Å². The van der Waals surface area contributed by atoms with Gasteiger partial charge in [0.15, 0.2) is 0 Å². The van der Waals surface area contributed by atoms with E-state index in [0.29, 0.717) is 5.41 Å². The fourth-order valence-corrected chi connectivity index (χ4v) is 0.936. The minimum Gasteiger partial charge on any atom is -0.381 e. The first-order valence-corrected chi connectivity index (χ1v) is 4.93. The fraction of sp³-hybridized carbons (Fsp3) is 0.909. The maximum Gasteiger partial charge on any atom is 0.0514 e. The summed E-state index contributed by atoms with van der Waals surface area (Å²) in [6, 6.07) is 0.